The maximum absolute atomic E-state index is 12.4. The standard InChI is InChI=1S/C15H11N3O2S2/c1-8-17-18-15(21-8)16-14(19)12-6-9-7-20-11-5-3-2-4-10(11)13(9)22-12/h2-6H,7H2,1H3,(H,16,18,19). The summed E-state index contributed by atoms with van der Waals surface area (Å²) < 4.78 is 5.72. The number of nitrogens with one attached hydrogen (secondary N) is 1. The minimum atomic E-state index is -0.159. The van der Waals surface area contributed by atoms with Crippen molar-refractivity contribution in [2.45, 2.75) is 13.5 Å². The first kappa shape index (κ1) is 13.4. The van der Waals surface area contributed by atoms with Crippen LogP contribution in [0.5, 0.6) is 5.75 Å². The van der Waals surface area contributed by atoms with E-state index in [4.69, 9.17) is 4.74 Å². The van der Waals surface area contributed by atoms with Gasteiger partial charge in [0.25, 0.3) is 5.91 Å². The summed E-state index contributed by atoms with van der Waals surface area (Å²) in [6.07, 6.45) is 0. The van der Waals surface area contributed by atoms with Crippen molar-refractivity contribution >= 4 is 33.7 Å². The van der Waals surface area contributed by atoms with Crippen molar-refractivity contribution in [2.75, 3.05) is 5.32 Å². The Kier molecular flexibility index (Phi) is 3.16. The number of benzene rings is 1. The maximum Gasteiger partial charge on any atom is 0.267 e. The molecule has 3 aromatic rings. The van der Waals surface area contributed by atoms with Crippen LogP contribution in [0.4, 0.5) is 5.13 Å². The average molecular weight is 329 g/mol. The number of carbonyl (C=O) groups excluding carboxylic acids is 1. The van der Waals surface area contributed by atoms with Gasteiger partial charge in [0, 0.05) is 16.0 Å². The molecule has 1 N–H and O–H groups in total. The number of hydrogen-bond donors (Lipinski definition) is 1. The van der Waals surface area contributed by atoms with Gasteiger partial charge in [-0.25, -0.2) is 0 Å². The summed E-state index contributed by atoms with van der Waals surface area (Å²) in [4.78, 5) is 14.1. The molecular formula is C15H11N3O2S2. The topological polar surface area (TPSA) is 64.1 Å². The third kappa shape index (κ3) is 2.28. The number of amides is 1. The van der Waals surface area contributed by atoms with Gasteiger partial charge in [-0.05, 0) is 25.1 Å². The number of aryl methyl sites for hydroxylation is 1. The summed E-state index contributed by atoms with van der Waals surface area (Å²) in [6.45, 7) is 2.35. The van der Waals surface area contributed by atoms with Crippen LogP contribution < -0.4 is 10.1 Å². The third-order valence-corrected chi connectivity index (χ3v) is 5.26. The molecule has 0 atom stereocenters. The molecule has 0 radical (unpaired) electrons. The lowest BCUT2D eigenvalue weighted by molar-refractivity contribution is 0.103. The Bertz CT molecular complexity index is 869. The molecule has 0 saturated heterocycles. The average Bonchev–Trinajstić information content (AvgIpc) is 3.13. The van der Waals surface area contributed by atoms with E-state index in [0.29, 0.717) is 16.6 Å². The molecule has 7 heteroatoms. The van der Waals surface area contributed by atoms with Crippen LogP contribution in [0, 0.1) is 6.92 Å². The fourth-order valence-corrected chi connectivity index (χ4v) is 4.00. The van der Waals surface area contributed by atoms with E-state index in [2.05, 4.69) is 15.5 Å². The Morgan fingerprint density at radius 2 is 2.14 bits per heavy atom. The van der Waals surface area contributed by atoms with Crippen molar-refractivity contribution in [1.29, 1.82) is 0 Å². The quantitative estimate of drug-likeness (QED) is 0.778. The highest BCUT2D eigenvalue weighted by atomic mass is 32.1. The van der Waals surface area contributed by atoms with Crippen LogP contribution in [0.2, 0.25) is 0 Å². The van der Waals surface area contributed by atoms with Crippen molar-refractivity contribution in [2.24, 2.45) is 0 Å². The van der Waals surface area contributed by atoms with E-state index >= 15 is 0 Å². The van der Waals surface area contributed by atoms with E-state index in [1.54, 1.807) is 0 Å². The molecule has 4 rings (SSSR count). The zero-order valence-electron chi connectivity index (χ0n) is 11.6. The van der Waals surface area contributed by atoms with Gasteiger partial charge in [-0.1, -0.05) is 23.5 Å². The van der Waals surface area contributed by atoms with Crippen molar-refractivity contribution < 1.29 is 9.53 Å². The second-order valence-electron chi connectivity index (χ2n) is 4.83. The minimum absolute atomic E-state index is 0.159. The lowest BCUT2D eigenvalue weighted by Gasteiger charge is -2.16. The normalized spacial score (nSPS) is 12.2. The molecule has 5 nitrogen and oxygen atoms in total. The zero-order chi connectivity index (χ0) is 15.1. The summed E-state index contributed by atoms with van der Waals surface area (Å²) in [5.41, 5.74) is 2.09. The van der Waals surface area contributed by atoms with Gasteiger partial charge in [-0.2, -0.15) is 0 Å². The highest BCUT2D eigenvalue weighted by Gasteiger charge is 2.22. The number of aromatic nitrogens is 2. The maximum atomic E-state index is 12.4. The Balaban J connectivity index is 1.65. The van der Waals surface area contributed by atoms with Crippen molar-refractivity contribution in [3.63, 3.8) is 0 Å². The molecule has 0 saturated carbocycles. The second-order valence-corrected chi connectivity index (χ2v) is 7.06. The molecule has 3 heterocycles. The van der Waals surface area contributed by atoms with Gasteiger partial charge < -0.3 is 4.74 Å². The molecule has 0 aliphatic carbocycles. The summed E-state index contributed by atoms with van der Waals surface area (Å²) in [6, 6.07) is 9.77. The van der Waals surface area contributed by atoms with Gasteiger partial charge in [-0.15, -0.1) is 21.5 Å². The molecule has 1 aromatic carbocycles. The van der Waals surface area contributed by atoms with Gasteiger partial charge in [0.15, 0.2) is 0 Å². The fraction of sp³-hybridized carbons (Fsp3) is 0.133. The van der Waals surface area contributed by atoms with Crippen LogP contribution in [0.25, 0.3) is 10.4 Å². The smallest absolute Gasteiger partial charge is 0.267 e. The van der Waals surface area contributed by atoms with E-state index in [-0.39, 0.29) is 5.91 Å². The van der Waals surface area contributed by atoms with Crippen LogP contribution >= 0.6 is 22.7 Å². The summed E-state index contributed by atoms with van der Waals surface area (Å²) in [5, 5.41) is 11.9. The van der Waals surface area contributed by atoms with Crippen LogP contribution in [-0.4, -0.2) is 16.1 Å². The van der Waals surface area contributed by atoms with Crippen molar-refractivity contribution in [3.05, 3.63) is 45.8 Å². The number of ether oxygens (including phenoxy) is 1. The number of anilines is 1. The molecule has 2 aromatic heterocycles. The Hall–Kier alpha value is -2.25. The first-order chi connectivity index (χ1) is 10.7. The van der Waals surface area contributed by atoms with Gasteiger partial charge in [0.05, 0.1) is 4.88 Å². The van der Waals surface area contributed by atoms with E-state index in [1.807, 2.05) is 37.3 Å². The summed E-state index contributed by atoms with van der Waals surface area (Å²) >= 11 is 2.84. The lowest BCUT2D eigenvalue weighted by Crippen LogP contribution is -2.09. The molecule has 1 aliphatic rings. The molecule has 0 spiro atoms. The minimum Gasteiger partial charge on any atom is -0.488 e. The predicted octanol–water partition coefficient (Wildman–Crippen LogP) is 3.72. The Labute approximate surface area is 134 Å². The highest BCUT2D eigenvalue weighted by Crippen LogP contribution is 2.42. The Morgan fingerprint density at radius 3 is 2.95 bits per heavy atom. The first-order valence-electron chi connectivity index (χ1n) is 6.67. The van der Waals surface area contributed by atoms with E-state index in [9.17, 15) is 4.79 Å². The van der Waals surface area contributed by atoms with Crippen LogP contribution in [0.15, 0.2) is 30.3 Å². The molecule has 1 aliphatic heterocycles. The molecule has 0 bridgehead atoms. The molecular weight excluding hydrogens is 318 g/mol. The van der Waals surface area contributed by atoms with Gasteiger partial charge in [0.1, 0.15) is 17.4 Å². The molecule has 0 unspecified atom stereocenters. The van der Waals surface area contributed by atoms with E-state index < -0.39 is 0 Å². The number of para-hydroxylation sites is 1. The number of hydrogen-bond acceptors (Lipinski definition) is 6. The second kappa shape index (κ2) is 5.19. The number of thiophene rings is 1. The largest absolute Gasteiger partial charge is 0.488 e. The Morgan fingerprint density at radius 1 is 1.27 bits per heavy atom. The number of rotatable bonds is 2. The predicted molar refractivity (Wildman–Crippen MR) is 86.7 cm³/mol. The molecule has 0 fully saturated rings. The number of carbonyl (C=O) groups is 1. The summed E-state index contributed by atoms with van der Waals surface area (Å²) in [5.74, 6) is 0.705. The van der Waals surface area contributed by atoms with Gasteiger partial charge >= 0.3 is 0 Å². The summed E-state index contributed by atoms with van der Waals surface area (Å²) in [7, 11) is 0. The molecule has 22 heavy (non-hydrogen) atoms. The van der Waals surface area contributed by atoms with Crippen molar-refractivity contribution in [3.8, 4) is 16.2 Å². The monoisotopic (exact) mass is 329 g/mol. The van der Waals surface area contributed by atoms with Crippen LogP contribution in [-0.2, 0) is 6.61 Å². The lowest BCUT2D eigenvalue weighted by atomic mass is 10.1. The van der Waals surface area contributed by atoms with Gasteiger partial charge in [0.2, 0.25) is 5.13 Å². The molecule has 110 valence electrons. The number of fused-ring (bicyclic) bond motifs is 3. The SMILES string of the molecule is Cc1nnc(NC(=O)c2cc3c(s2)-c2ccccc2OC3)s1. The number of nitrogens with zero attached hydrogens (tertiary/aromatic N) is 2. The first-order valence-corrected chi connectivity index (χ1v) is 8.30. The van der Waals surface area contributed by atoms with E-state index in [1.165, 1.54) is 22.7 Å². The van der Waals surface area contributed by atoms with Crippen molar-refractivity contribution in [1.82, 2.24) is 10.2 Å². The van der Waals surface area contributed by atoms with Crippen LogP contribution in [0.3, 0.4) is 0 Å². The van der Waals surface area contributed by atoms with E-state index in [0.717, 1.165) is 26.8 Å². The third-order valence-electron chi connectivity index (χ3n) is 3.29. The van der Waals surface area contributed by atoms with Gasteiger partial charge in [-0.3, -0.25) is 10.1 Å². The zero-order valence-corrected chi connectivity index (χ0v) is 13.3. The fourth-order valence-electron chi connectivity index (χ4n) is 2.32. The highest BCUT2D eigenvalue weighted by molar-refractivity contribution is 7.18. The molecule has 1 amide bonds. The van der Waals surface area contributed by atoms with Crippen LogP contribution in [0.1, 0.15) is 20.2 Å².